The highest BCUT2D eigenvalue weighted by Gasteiger charge is 2.46. The van der Waals surface area contributed by atoms with Crippen LogP contribution in [0.4, 0.5) is 0 Å². The van der Waals surface area contributed by atoms with Gasteiger partial charge in [0.2, 0.25) is 5.91 Å². The molecule has 13 nitrogen and oxygen atoms in total. The van der Waals surface area contributed by atoms with Gasteiger partial charge in [0.15, 0.2) is 6.04 Å². The lowest BCUT2D eigenvalue weighted by Gasteiger charge is -2.39. The van der Waals surface area contributed by atoms with Crippen LogP contribution in [0.25, 0.3) is 0 Å². The van der Waals surface area contributed by atoms with Crippen molar-refractivity contribution < 1.29 is 53.9 Å². The van der Waals surface area contributed by atoms with Crippen LogP contribution in [0, 0.1) is 11.8 Å². The predicted molar refractivity (Wildman–Crippen MR) is 128 cm³/mol. The van der Waals surface area contributed by atoms with Gasteiger partial charge in [-0.1, -0.05) is 0 Å². The maximum Gasteiger partial charge on any atom is 0.331 e. The number of carboxylic acid groups (broad SMARTS) is 2. The number of ether oxygens (including phenoxy) is 2. The van der Waals surface area contributed by atoms with Crippen molar-refractivity contribution in [3.8, 4) is 0 Å². The Labute approximate surface area is 215 Å². The maximum absolute atomic E-state index is 11.9. The van der Waals surface area contributed by atoms with Gasteiger partial charge in [0.1, 0.15) is 6.04 Å². The zero-order chi connectivity index (χ0) is 28.4. The number of carboxylic acids is 2. The molecule has 2 rings (SSSR count). The molecule has 7 N–H and O–H groups in total. The first-order valence-corrected chi connectivity index (χ1v) is 12.5. The van der Waals surface area contributed by atoms with Crippen molar-refractivity contribution in [2.45, 2.75) is 95.4 Å². The molecule has 2 aliphatic carbocycles. The molecule has 0 aromatic rings. The van der Waals surface area contributed by atoms with Crippen molar-refractivity contribution >= 4 is 29.8 Å². The topological polar surface area (TPSA) is 223 Å². The second-order valence-corrected chi connectivity index (χ2v) is 9.55. The first-order valence-electron chi connectivity index (χ1n) is 12.5. The molecule has 2 atom stereocenters. The standard InChI is InChI=1S/C13H21NO6.C11H19NO5/c1-3-20-12(18)10(14-8(2)15)13(19)6-4-9(5-7-13)11(16)17;1-2-17-10(15)8(12)11(16)5-3-7(4-6-11)9(13)14/h9-10,19H,3-7H2,1-2H3,(H,14,15)(H,16,17);7-8,16H,2-6,12H2,1H3,(H,13,14). The number of carbonyl (C=O) groups excluding carboxylic acids is 3. The van der Waals surface area contributed by atoms with E-state index in [-0.39, 0.29) is 51.7 Å². The Morgan fingerprint density at radius 2 is 1.19 bits per heavy atom. The molecule has 2 unspecified atom stereocenters. The fourth-order valence-electron chi connectivity index (χ4n) is 4.62. The molecule has 2 fully saturated rings. The Kier molecular flexibility index (Phi) is 12.4. The first kappa shape index (κ1) is 32.3. The summed E-state index contributed by atoms with van der Waals surface area (Å²) in [6.07, 6.45) is 1.88. The Balaban J connectivity index is 0.000000375. The molecular formula is C24H40N2O11. The molecule has 0 aliphatic heterocycles. The van der Waals surface area contributed by atoms with E-state index >= 15 is 0 Å². The summed E-state index contributed by atoms with van der Waals surface area (Å²) < 4.78 is 9.62. The second kappa shape index (κ2) is 14.2. The summed E-state index contributed by atoms with van der Waals surface area (Å²) in [5.41, 5.74) is 2.87. The van der Waals surface area contributed by atoms with Gasteiger partial charge in [0.05, 0.1) is 36.3 Å². The number of aliphatic hydroxyl groups is 2. The van der Waals surface area contributed by atoms with Crippen LogP contribution in [-0.2, 0) is 33.4 Å². The fraction of sp³-hybridized carbons (Fsp3) is 0.792. The van der Waals surface area contributed by atoms with Crippen molar-refractivity contribution in [2.24, 2.45) is 17.6 Å². The predicted octanol–water partition coefficient (Wildman–Crippen LogP) is -0.0572. The number of nitrogens with one attached hydrogen (secondary N) is 1. The molecule has 0 aromatic heterocycles. The molecule has 0 saturated heterocycles. The third kappa shape index (κ3) is 9.24. The molecule has 0 bridgehead atoms. The molecule has 0 spiro atoms. The number of nitrogens with two attached hydrogens (primary N) is 1. The van der Waals surface area contributed by atoms with E-state index in [9.17, 15) is 34.2 Å². The lowest BCUT2D eigenvalue weighted by Crippen LogP contribution is -2.58. The van der Waals surface area contributed by atoms with E-state index < -0.39 is 64.9 Å². The fourth-order valence-corrected chi connectivity index (χ4v) is 4.62. The van der Waals surface area contributed by atoms with E-state index in [0.717, 1.165) is 0 Å². The van der Waals surface area contributed by atoms with Gasteiger partial charge >= 0.3 is 23.9 Å². The van der Waals surface area contributed by atoms with Crippen LogP contribution in [0.15, 0.2) is 0 Å². The number of amides is 1. The quantitative estimate of drug-likeness (QED) is 0.215. The van der Waals surface area contributed by atoms with E-state index in [1.807, 2.05) is 0 Å². The smallest absolute Gasteiger partial charge is 0.331 e. The number of carbonyl (C=O) groups is 5. The Morgan fingerprint density at radius 1 is 0.811 bits per heavy atom. The minimum absolute atomic E-state index is 0.133. The summed E-state index contributed by atoms with van der Waals surface area (Å²) >= 11 is 0. The average Bonchev–Trinajstić information content (AvgIpc) is 2.83. The summed E-state index contributed by atoms with van der Waals surface area (Å²) in [7, 11) is 0. The van der Waals surface area contributed by atoms with Crippen LogP contribution in [0.3, 0.4) is 0 Å². The molecule has 13 heteroatoms. The van der Waals surface area contributed by atoms with Crippen LogP contribution in [0.1, 0.15) is 72.1 Å². The van der Waals surface area contributed by atoms with Gasteiger partial charge in [-0.2, -0.15) is 0 Å². The lowest BCUT2D eigenvalue weighted by atomic mass is 9.75. The molecule has 212 valence electrons. The zero-order valence-electron chi connectivity index (χ0n) is 21.6. The zero-order valence-corrected chi connectivity index (χ0v) is 21.6. The van der Waals surface area contributed by atoms with Gasteiger partial charge in [-0.15, -0.1) is 0 Å². The number of aliphatic carboxylic acids is 2. The third-order valence-electron chi connectivity index (χ3n) is 6.93. The number of esters is 2. The summed E-state index contributed by atoms with van der Waals surface area (Å²) in [6.45, 7) is 4.89. The Bertz CT molecular complexity index is 816. The summed E-state index contributed by atoms with van der Waals surface area (Å²) in [4.78, 5) is 56.2. The summed E-state index contributed by atoms with van der Waals surface area (Å²) in [5.74, 6) is -4.52. The van der Waals surface area contributed by atoms with Gasteiger partial charge in [-0.25, -0.2) is 4.79 Å². The Hall–Kier alpha value is -2.77. The molecule has 0 radical (unpaired) electrons. The maximum atomic E-state index is 11.9. The van der Waals surface area contributed by atoms with E-state index in [0.29, 0.717) is 12.8 Å². The molecule has 0 heterocycles. The normalized spacial score (nSPS) is 28.9. The first-order chi connectivity index (χ1) is 17.2. The van der Waals surface area contributed by atoms with Gasteiger partial charge in [-0.05, 0) is 65.2 Å². The van der Waals surface area contributed by atoms with E-state index in [4.69, 9.17) is 25.4 Å². The second-order valence-electron chi connectivity index (χ2n) is 9.55. The van der Waals surface area contributed by atoms with Crippen molar-refractivity contribution in [3.63, 3.8) is 0 Å². The number of hydrogen-bond donors (Lipinski definition) is 6. The highest BCUT2D eigenvalue weighted by atomic mass is 16.5. The van der Waals surface area contributed by atoms with Crippen molar-refractivity contribution in [2.75, 3.05) is 13.2 Å². The SMILES string of the molecule is CCOC(=O)C(N)C1(O)CCC(C(=O)O)CC1.CCOC(=O)C(NC(C)=O)C1(O)CCC(C(=O)O)CC1. The minimum Gasteiger partial charge on any atom is -0.481 e. The lowest BCUT2D eigenvalue weighted by molar-refractivity contribution is -0.160. The average molecular weight is 533 g/mol. The minimum atomic E-state index is -1.45. The van der Waals surface area contributed by atoms with Crippen LogP contribution >= 0.6 is 0 Å². The van der Waals surface area contributed by atoms with E-state index in [2.05, 4.69) is 5.32 Å². The molecule has 0 aromatic carbocycles. The molecular weight excluding hydrogens is 492 g/mol. The van der Waals surface area contributed by atoms with Gasteiger partial charge < -0.3 is 41.0 Å². The third-order valence-corrected chi connectivity index (χ3v) is 6.93. The molecule has 2 saturated carbocycles. The molecule has 37 heavy (non-hydrogen) atoms. The van der Waals surface area contributed by atoms with Crippen molar-refractivity contribution in [1.29, 1.82) is 0 Å². The summed E-state index contributed by atoms with van der Waals surface area (Å²) in [6, 6.07) is -2.26. The van der Waals surface area contributed by atoms with Crippen LogP contribution in [0.2, 0.25) is 0 Å². The van der Waals surface area contributed by atoms with Gasteiger partial charge in [0.25, 0.3) is 0 Å². The van der Waals surface area contributed by atoms with E-state index in [1.165, 1.54) is 6.92 Å². The van der Waals surface area contributed by atoms with Crippen LogP contribution < -0.4 is 11.1 Å². The van der Waals surface area contributed by atoms with Gasteiger partial charge in [0, 0.05) is 6.92 Å². The highest BCUT2D eigenvalue weighted by molar-refractivity contribution is 5.84. The Morgan fingerprint density at radius 3 is 1.54 bits per heavy atom. The van der Waals surface area contributed by atoms with Crippen molar-refractivity contribution in [3.05, 3.63) is 0 Å². The van der Waals surface area contributed by atoms with Gasteiger partial charge in [-0.3, -0.25) is 19.2 Å². The van der Waals surface area contributed by atoms with Crippen LogP contribution in [-0.4, -0.2) is 86.7 Å². The number of rotatable bonds is 9. The monoisotopic (exact) mass is 532 g/mol. The highest BCUT2D eigenvalue weighted by Crippen LogP contribution is 2.36. The number of hydrogen-bond acceptors (Lipinski definition) is 10. The molecule has 1 amide bonds. The summed E-state index contributed by atoms with van der Waals surface area (Å²) in [5, 5.41) is 41.0. The van der Waals surface area contributed by atoms with Crippen LogP contribution in [0.5, 0.6) is 0 Å². The van der Waals surface area contributed by atoms with Crippen molar-refractivity contribution in [1.82, 2.24) is 5.32 Å². The van der Waals surface area contributed by atoms with E-state index in [1.54, 1.807) is 13.8 Å². The largest absolute Gasteiger partial charge is 0.481 e. The molecule has 2 aliphatic rings.